The third kappa shape index (κ3) is 5.46. The summed E-state index contributed by atoms with van der Waals surface area (Å²) >= 11 is 12.2. The van der Waals surface area contributed by atoms with Crippen LogP contribution in [0.25, 0.3) is 11.8 Å². The van der Waals surface area contributed by atoms with Gasteiger partial charge >= 0.3 is 5.97 Å². The Kier molecular flexibility index (Phi) is 7.59. The fourth-order valence-electron chi connectivity index (χ4n) is 3.36. The molecule has 8 heteroatoms. The van der Waals surface area contributed by atoms with E-state index in [1.807, 2.05) is 36.6 Å². The number of nitriles is 1. The number of halogens is 2. The van der Waals surface area contributed by atoms with E-state index in [0.717, 1.165) is 22.6 Å². The average Bonchev–Trinajstić information content (AvgIpc) is 3.07. The number of hydrogen-bond donors (Lipinski definition) is 1. The van der Waals surface area contributed by atoms with E-state index in [0.29, 0.717) is 21.3 Å². The monoisotopic (exact) mass is 481 g/mol. The van der Waals surface area contributed by atoms with Gasteiger partial charge in [-0.1, -0.05) is 23.2 Å². The molecule has 0 saturated carbocycles. The van der Waals surface area contributed by atoms with E-state index in [1.165, 1.54) is 0 Å². The molecule has 0 saturated heterocycles. The zero-order chi connectivity index (χ0) is 24.1. The second-order valence-electron chi connectivity index (χ2n) is 7.18. The van der Waals surface area contributed by atoms with Crippen molar-refractivity contribution in [1.82, 2.24) is 4.57 Å². The quantitative estimate of drug-likeness (QED) is 0.261. The van der Waals surface area contributed by atoms with Gasteiger partial charge in [-0.25, -0.2) is 4.79 Å². The molecule has 1 heterocycles. The van der Waals surface area contributed by atoms with E-state index < -0.39 is 11.9 Å². The van der Waals surface area contributed by atoms with Crippen LogP contribution in [0.3, 0.4) is 0 Å². The van der Waals surface area contributed by atoms with Crippen molar-refractivity contribution >= 4 is 46.8 Å². The fraction of sp³-hybridized carbons (Fsp3) is 0.160. The maximum atomic E-state index is 12.7. The molecule has 2 aromatic carbocycles. The standard InChI is InChI=1S/C25H21Cl2N3O3/c1-4-33-25(32)17-5-7-20(8-6-17)29-24(31)19(14-28)12-18-11-15(2)30(16(18)3)21-9-10-22(26)23(27)13-21/h5-13H,4H2,1-3H3,(H,29,31)/b19-12+. The summed E-state index contributed by atoms with van der Waals surface area (Å²) in [6.07, 6.45) is 1.54. The van der Waals surface area contributed by atoms with Gasteiger partial charge in [-0.15, -0.1) is 0 Å². The lowest BCUT2D eigenvalue weighted by molar-refractivity contribution is -0.112. The second-order valence-corrected chi connectivity index (χ2v) is 8.00. The summed E-state index contributed by atoms with van der Waals surface area (Å²) in [5.41, 5.74) is 4.07. The molecule has 6 nitrogen and oxygen atoms in total. The lowest BCUT2D eigenvalue weighted by atomic mass is 10.1. The summed E-state index contributed by atoms with van der Waals surface area (Å²) in [5, 5.41) is 13.2. The van der Waals surface area contributed by atoms with E-state index in [1.54, 1.807) is 49.4 Å². The number of aryl methyl sites for hydroxylation is 1. The molecule has 3 rings (SSSR count). The molecular formula is C25H21Cl2N3O3. The van der Waals surface area contributed by atoms with Crippen LogP contribution in [0.15, 0.2) is 54.1 Å². The Morgan fingerprint density at radius 1 is 1.09 bits per heavy atom. The number of nitrogens with one attached hydrogen (secondary N) is 1. The Morgan fingerprint density at radius 3 is 2.39 bits per heavy atom. The van der Waals surface area contributed by atoms with Crippen molar-refractivity contribution in [3.8, 4) is 11.8 Å². The van der Waals surface area contributed by atoms with Gasteiger partial charge in [0.1, 0.15) is 11.6 Å². The Labute approximate surface area is 202 Å². The first-order valence-corrected chi connectivity index (χ1v) is 10.9. The molecule has 0 fully saturated rings. The highest BCUT2D eigenvalue weighted by Crippen LogP contribution is 2.28. The third-order valence-corrected chi connectivity index (χ3v) is 5.69. The van der Waals surface area contributed by atoms with Crippen molar-refractivity contribution in [2.75, 3.05) is 11.9 Å². The van der Waals surface area contributed by atoms with Crippen LogP contribution in [0.4, 0.5) is 5.69 Å². The number of aromatic nitrogens is 1. The number of esters is 1. The summed E-state index contributed by atoms with van der Waals surface area (Å²) in [7, 11) is 0. The summed E-state index contributed by atoms with van der Waals surface area (Å²) in [5.74, 6) is -0.994. The highest BCUT2D eigenvalue weighted by molar-refractivity contribution is 6.42. The minimum atomic E-state index is -0.555. The molecule has 0 unspecified atom stereocenters. The van der Waals surface area contributed by atoms with Crippen molar-refractivity contribution in [1.29, 1.82) is 5.26 Å². The zero-order valence-electron chi connectivity index (χ0n) is 18.3. The van der Waals surface area contributed by atoms with Crippen molar-refractivity contribution in [3.05, 3.63) is 86.7 Å². The third-order valence-electron chi connectivity index (χ3n) is 4.95. The van der Waals surface area contributed by atoms with Gasteiger partial charge in [0.05, 0.1) is 22.2 Å². The largest absolute Gasteiger partial charge is 0.462 e. The van der Waals surface area contributed by atoms with Gasteiger partial charge in [0.25, 0.3) is 5.91 Å². The van der Waals surface area contributed by atoms with Gasteiger partial charge in [0.15, 0.2) is 0 Å². The predicted molar refractivity (Wildman–Crippen MR) is 130 cm³/mol. The topological polar surface area (TPSA) is 84.1 Å². The maximum absolute atomic E-state index is 12.7. The number of nitrogens with zero attached hydrogens (tertiary/aromatic N) is 2. The molecule has 0 atom stereocenters. The Balaban J connectivity index is 1.84. The van der Waals surface area contributed by atoms with Crippen molar-refractivity contribution in [2.24, 2.45) is 0 Å². The first kappa shape index (κ1) is 24.1. The van der Waals surface area contributed by atoms with Crippen molar-refractivity contribution < 1.29 is 14.3 Å². The van der Waals surface area contributed by atoms with E-state index in [2.05, 4.69) is 5.32 Å². The summed E-state index contributed by atoms with van der Waals surface area (Å²) in [6, 6.07) is 15.4. The zero-order valence-corrected chi connectivity index (χ0v) is 19.8. The molecule has 3 aromatic rings. The summed E-state index contributed by atoms with van der Waals surface area (Å²) < 4.78 is 6.91. The molecule has 33 heavy (non-hydrogen) atoms. The molecule has 0 aliphatic heterocycles. The highest BCUT2D eigenvalue weighted by Gasteiger charge is 2.15. The van der Waals surface area contributed by atoms with E-state index in [4.69, 9.17) is 27.9 Å². The molecule has 168 valence electrons. The molecular weight excluding hydrogens is 461 g/mol. The summed E-state index contributed by atoms with van der Waals surface area (Å²) in [4.78, 5) is 24.4. The molecule has 1 N–H and O–H groups in total. The molecule has 0 spiro atoms. The van der Waals surface area contributed by atoms with Crippen LogP contribution in [-0.2, 0) is 9.53 Å². The van der Waals surface area contributed by atoms with Crippen molar-refractivity contribution in [2.45, 2.75) is 20.8 Å². The maximum Gasteiger partial charge on any atom is 0.338 e. The van der Waals surface area contributed by atoms with Gasteiger partial charge in [-0.05, 0) is 80.9 Å². The number of ether oxygens (including phenoxy) is 1. The van der Waals surface area contributed by atoms with Crippen LogP contribution < -0.4 is 5.32 Å². The SMILES string of the molecule is CCOC(=O)c1ccc(NC(=O)/C(C#N)=C/c2cc(C)n(-c3ccc(Cl)c(Cl)c3)c2C)cc1. The lowest BCUT2D eigenvalue weighted by Gasteiger charge is -2.10. The van der Waals surface area contributed by atoms with Crippen LogP contribution >= 0.6 is 23.2 Å². The highest BCUT2D eigenvalue weighted by atomic mass is 35.5. The predicted octanol–water partition coefficient (Wildman–Crippen LogP) is 6.12. The van der Waals surface area contributed by atoms with E-state index in [-0.39, 0.29) is 12.2 Å². The van der Waals surface area contributed by atoms with Crippen LogP contribution in [0.2, 0.25) is 10.0 Å². The number of carbonyl (C=O) groups excluding carboxylic acids is 2. The smallest absolute Gasteiger partial charge is 0.338 e. The van der Waals surface area contributed by atoms with Gasteiger partial charge in [-0.2, -0.15) is 5.26 Å². The minimum Gasteiger partial charge on any atom is -0.462 e. The molecule has 1 aromatic heterocycles. The number of hydrogen-bond acceptors (Lipinski definition) is 4. The van der Waals surface area contributed by atoms with Crippen LogP contribution in [0.1, 0.15) is 34.2 Å². The minimum absolute atomic E-state index is 0.0566. The van der Waals surface area contributed by atoms with Crippen LogP contribution in [0, 0.1) is 25.2 Å². The number of anilines is 1. The van der Waals surface area contributed by atoms with Crippen molar-refractivity contribution in [3.63, 3.8) is 0 Å². The summed E-state index contributed by atoms with van der Waals surface area (Å²) in [6.45, 7) is 5.82. The second kappa shape index (κ2) is 10.4. The molecule has 0 radical (unpaired) electrons. The molecule has 0 aliphatic carbocycles. The normalized spacial score (nSPS) is 11.1. The first-order chi connectivity index (χ1) is 15.7. The molecule has 1 amide bonds. The average molecular weight is 482 g/mol. The van der Waals surface area contributed by atoms with Gasteiger partial charge < -0.3 is 14.6 Å². The Bertz CT molecular complexity index is 1290. The first-order valence-electron chi connectivity index (χ1n) is 10.1. The van der Waals surface area contributed by atoms with Crippen LogP contribution in [-0.4, -0.2) is 23.1 Å². The number of carbonyl (C=O) groups is 2. The van der Waals surface area contributed by atoms with Gasteiger partial charge in [0, 0.05) is 22.8 Å². The molecule has 0 bridgehead atoms. The van der Waals surface area contributed by atoms with Gasteiger partial charge in [-0.3, -0.25) is 4.79 Å². The Hall–Kier alpha value is -3.53. The van der Waals surface area contributed by atoms with E-state index in [9.17, 15) is 14.9 Å². The molecule has 0 aliphatic rings. The lowest BCUT2D eigenvalue weighted by Crippen LogP contribution is -2.13. The van der Waals surface area contributed by atoms with Gasteiger partial charge in [0.2, 0.25) is 0 Å². The fourth-order valence-corrected chi connectivity index (χ4v) is 3.65. The number of benzene rings is 2. The Morgan fingerprint density at radius 2 is 1.79 bits per heavy atom. The number of rotatable bonds is 6. The van der Waals surface area contributed by atoms with Crippen LogP contribution in [0.5, 0.6) is 0 Å². The number of amides is 1. The van der Waals surface area contributed by atoms with E-state index >= 15 is 0 Å².